The van der Waals surface area contributed by atoms with E-state index in [4.69, 9.17) is 0 Å². The summed E-state index contributed by atoms with van der Waals surface area (Å²) in [6, 6.07) is 14.3. The second-order valence-electron chi connectivity index (χ2n) is 7.65. The second kappa shape index (κ2) is 8.62. The van der Waals surface area contributed by atoms with Crippen LogP contribution in [0.4, 0.5) is 4.39 Å². The second-order valence-corrected chi connectivity index (χ2v) is 9.49. The van der Waals surface area contributed by atoms with Crippen molar-refractivity contribution in [3.05, 3.63) is 89.8 Å². The lowest BCUT2D eigenvalue weighted by molar-refractivity contribution is 0.312. The minimum absolute atomic E-state index is 0.171. The number of nitrogens with zero attached hydrogens (tertiary/aromatic N) is 3. The third-order valence-corrected chi connectivity index (χ3v) is 7.59. The standard InChI is InChI=1S/C23H24FN3O2S/c1-17-3-11-21(12-4-17)30(28,29)27-20(10-14-23-25-15-2-16-26-23)9-13-22(27)18-5-7-19(24)8-6-18/h2-8,11-12,15-16,20,22H,9-10,13-14H2,1H3. The van der Waals surface area contributed by atoms with Gasteiger partial charge in [-0.1, -0.05) is 29.8 Å². The maximum atomic E-state index is 13.6. The molecule has 0 radical (unpaired) electrons. The molecule has 1 saturated heterocycles. The Morgan fingerprint density at radius 3 is 2.33 bits per heavy atom. The highest BCUT2D eigenvalue weighted by atomic mass is 32.2. The Kier molecular flexibility index (Phi) is 5.92. The van der Waals surface area contributed by atoms with Crippen LogP contribution in [0.2, 0.25) is 0 Å². The SMILES string of the molecule is Cc1ccc(S(=O)(=O)N2C(CCc3ncccn3)CCC2c2ccc(F)cc2)cc1. The molecule has 1 aromatic heterocycles. The number of hydrogen-bond donors (Lipinski definition) is 0. The summed E-state index contributed by atoms with van der Waals surface area (Å²) < 4.78 is 42.3. The number of halogens is 1. The van der Waals surface area contributed by atoms with Crippen molar-refractivity contribution in [2.24, 2.45) is 0 Å². The summed E-state index contributed by atoms with van der Waals surface area (Å²) in [4.78, 5) is 8.80. The van der Waals surface area contributed by atoms with E-state index >= 15 is 0 Å². The zero-order valence-corrected chi connectivity index (χ0v) is 17.6. The Morgan fingerprint density at radius 2 is 1.67 bits per heavy atom. The zero-order valence-electron chi connectivity index (χ0n) is 16.8. The smallest absolute Gasteiger partial charge is 0.241 e. The van der Waals surface area contributed by atoms with Crippen molar-refractivity contribution in [1.82, 2.24) is 14.3 Å². The van der Waals surface area contributed by atoms with E-state index in [0.29, 0.717) is 25.1 Å². The van der Waals surface area contributed by atoms with Gasteiger partial charge in [0.2, 0.25) is 10.0 Å². The zero-order chi connectivity index (χ0) is 21.1. The van der Waals surface area contributed by atoms with Gasteiger partial charge >= 0.3 is 0 Å². The van der Waals surface area contributed by atoms with Gasteiger partial charge in [-0.3, -0.25) is 0 Å². The van der Waals surface area contributed by atoms with Crippen LogP contribution in [0.3, 0.4) is 0 Å². The Morgan fingerprint density at radius 1 is 1.00 bits per heavy atom. The van der Waals surface area contributed by atoms with Crippen molar-refractivity contribution in [2.45, 2.75) is 49.6 Å². The topological polar surface area (TPSA) is 63.2 Å². The monoisotopic (exact) mass is 425 g/mol. The Bertz CT molecular complexity index is 1090. The van der Waals surface area contributed by atoms with Crippen LogP contribution in [-0.4, -0.2) is 28.7 Å². The van der Waals surface area contributed by atoms with Crippen LogP contribution in [0.1, 0.15) is 42.3 Å². The molecular formula is C23H24FN3O2S. The number of rotatable bonds is 6. The summed E-state index contributed by atoms with van der Waals surface area (Å²) >= 11 is 0. The molecule has 2 heterocycles. The van der Waals surface area contributed by atoms with Crippen molar-refractivity contribution in [3.63, 3.8) is 0 Å². The highest BCUT2D eigenvalue weighted by Crippen LogP contribution is 2.41. The lowest BCUT2D eigenvalue weighted by Crippen LogP contribution is -2.37. The Labute approximate surface area is 176 Å². The summed E-state index contributed by atoms with van der Waals surface area (Å²) in [5.74, 6) is 0.373. The molecule has 1 aliphatic heterocycles. The minimum Gasteiger partial charge on any atom is -0.241 e. The maximum absolute atomic E-state index is 13.6. The van der Waals surface area contributed by atoms with E-state index in [2.05, 4.69) is 9.97 Å². The predicted molar refractivity (Wildman–Crippen MR) is 113 cm³/mol. The van der Waals surface area contributed by atoms with Crippen molar-refractivity contribution >= 4 is 10.0 Å². The average Bonchev–Trinajstić information content (AvgIpc) is 3.19. The van der Waals surface area contributed by atoms with Crippen molar-refractivity contribution in [1.29, 1.82) is 0 Å². The van der Waals surface area contributed by atoms with E-state index in [1.165, 1.54) is 12.1 Å². The molecule has 0 N–H and O–H groups in total. The molecule has 3 aromatic rings. The number of aryl methyl sites for hydroxylation is 2. The molecular weight excluding hydrogens is 401 g/mol. The summed E-state index contributed by atoms with van der Waals surface area (Å²) in [6.45, 7) is 1.93. The first-order chi connectivity index (χ1) is 14.4. The van der Waals surface area contributed by atoms with Crippen LogP contribution in [-0.2, 0) is 16.4 Å². The van der Waals surface area contributed by atoms with E-state index < -0.39 is 10.0 Å². The molecule has 30 heavy (non-hydrogen) atoms. The van der Waals surface area contributed by atoms with Crippen molar-refractivity contribution < 1.29 is 12.8 Å². The highest BCUT2D eigenvalue weighted by molar-refractivity contribution is 7.89. The van der Waals surface area contributed by atoms with E-state index in [1.807, 2.05) is 19.1 Å². The summed E-state index contributed by atoms with van der Waals surface area (Å²) in [5, 5.41) is 0. The van der Waals surface area contributed by atoms with Crippen molar-refractivity contribution in [2.75, 3.05) is 0 Å². The number of hydrogen-bond acceptors (Lipinski definition) is 4. The molecule has 7 heteroatoms. The first kappa shape index (κ1) is 20.6. The molecule has 1 aliphatic rings. The molecule has 0 bridgehead atoms. The van der Waals surface area contributed by atoms with Gasteiger partial charge in [0.25, 0.3) is 0 Å². The van der Waals surface area contributed by atoms with Gasteiger partial charge in [0.05, 0.1) is 10.9 Å². The molecule has 156 valence electrons. The van der Waals surface area contributed by atoms with E-state index in [9.17, 15) is 12.8 Å². The maximum Gasteiger partial charge on any atom is 0.243 e. The molecule has 5 nitrogen and oxygen atoms in total. The van der Waals surface area contributed by atoms with E-state index in [-0.39, 0.29) is 22.8 Å². The summed E-state index contributed by atoms with van der Waals surface area (Å²) in [6.07, 6.45) is 6.05. The van der Waals surface area contributed by atoms with Crippen LogP contribution in [0.15, 0.2) is 71.9 Å². The van der Waals surface area contributed by atoms with Crippen LogP contribution in [0.25, 0.3) is 0 Å². The molecule has 0 amide bonds. The lowest BCUT2D eigenvalue weighted by atomic mass is 10.0. The molecule has 4 rings (SSSR count). The third kappa shape index (κ3) is 4.27. The Balaban J connectivity index is 1.67. The normalized spacial score (nSPS) is 19.8. The fourth-order valence-electron chi connectivity index (χ4n) is 4.08. The van der Waals surface area contributed by atoms with Gasteiger partial charge in [0, 0.05) is 24.9 Å². The molecule has 0 spiro atoms. The molecule has 2 aromatic carbocycles. The van der Waals surface area contributed by atoms with Crippen LogP contribution in [0.5, 0.6) is 0 Å². The Hall–Kier alpha value is -2.64. The van der Waals surface area contributed by atoms with Gasteiger partial charge in [0.1, 0.15) is 11.6 Å². The predicted octanol–water partition coefficient (Wildman–Crippen LogP) is 4.45. The highest BCUT2D eigenvalue weighted by Gasteiger charge is 2.42. The van der Waals surface area contributed by atoms with Gasteiger partial charge in [-0.05, 0) is 62.1 Å². The molecule has 2 atom stereocenters. The fraction of sp³-hybridized carbons (Fsp3) is 0.304. The van der Waals surface area contributed by atoms with E-state index in [0.717, 1.165) is 17.5 Å². The number of sulfonamides is 1. The van der Waals surface area contributed by atoms with Gasteiger partial charge in [0.15, 0.2) is 0 Å². The quantitative estimate of drug-likeness (QED) is 0.585. The largest absolute Gasteiger partial charge is 0.243 e. The molecule has 1 fully saturated rings. The van der Waals surface area contributed by atoms with Crippen LogP contribution < -0.4 is 0 Å². The lowest BCUT2D eigenvalue weighted by Gasteiger charge is -2.30. The van der Waals surface area contributed by atoms with Crippen LogP contribution >= 0.6 is 0 Å². The summed E-state index contributed by atoms with van der Waals surface area (Å²) in [7, 11) is -3.72. The fourth-order valence-corrected chi connectivity index (χ4v) is 5.97. The van der Waals surface area contributed by atoms with Crippen LogP contribution in [0, 0.1) is 12.7 Å². The van der Waals surface area contributed by atoms with E-state index in [1.54, 1.807) is 47.0 Å². The molecule has 0 aliphatic carbocycles. The first-order valence-electron chi connectivity index (χ1n) is 10.1. The number of benzene rings is 2. The van der Waals surface area contributed by atoms with Gasteiger partial charge in [-0.2, -0.15) is 4.31 Å². The number of aromatic nitrogens is 2. The molecule has 0 saturated carbocycles. The third-order valence-electron chi connectivity index (χ3n) is 5.61. The van der Waals surface area contributed by atoms with Crippen molar-refractivity contribution in [3.8, 4) is 0 Å². The molecule has 2 unspecified atom stereocenters. The first-order valence-corrected chi connectivity index (χ1v) is 11.5. The average molecular weight is 426 g/mol. The summed E-state index contributed by atoms with van der Waals surface area (Å²) in [5.41, 5.74) is 1.81. The van der Waals surface area contributed by atoms with Gasteiger partial charge in [-0.25, -0.2) is 22.8 Å². The van der Waals surface area contributed by atoms with Gasteiger partial charge in [-0.15, -0.1) is 0 Å². The minimum atomic E-state index is -3.72. The van der Waals surface area contributed by atoms with Gasteiger partial charge < -0.3 is 0 Å².